The van der Waals surface area contributed by atoms with Crippen LogP contribution in [-0.4, -0.2) is 29.3 Å². The molecule has 5 nitrogen and oxygen atoms in total. The second-order valence-corrected chi connectivity index (χ2v) is 5.70. The minimum absolute atomic E-state index is 0.209. The summed E-state index contributed by atoms with van der Waals surface area (Å²) >= 11 is 4.55. The largest absolute Gasteiger partial charge is 0.486 e. The maximum atomic E-state index is 10.9. The van der Waals surface area contributed by atoms with Crippen molar-refractivity contribution in [1.82, 2.24) is 4.98 Å². The van der Waals surface area contributed by atoms with Gasteiger partial charge in [-0.3, -0.25) is 0 Å². The molecule has 1 aromatic carbocycles. The Bertz CT molecular complexity index is 655. The smallest absolute Gasteiger partial charge is 0.347 e. The third-order valence-electron chi connectivity index (χ3n) is 2.56. The summed E-state index contributed by atoms with van der Waals surface area (Å²) in [7, 11) is 0. The number of aromatic carboxylic acids is 1. The predicted molar refractivity (Wildman–Crippen MR) is 73.2 cm³/mol. The van der Waals surface area contributed by atoms with E-state index in [1.807, 2.05) is 12.1 Å². The number of fused-ring (bicyclic) bond motifs is 1. The molecule has 0 aliphatic carbocycles. The molecule has 1 aliphatic heterocycles. The molecule has 0 atom stereocenters. The first-order valence-corrected chi connectivity index (χ1v) is 7.05. The second kappa shape index (κ2) is 4.82. The number of carboxylic acids is 1. The van der Waals surface area contributed by atoms with Gasteiger partial charge in [-0.05, 0) is 28.1 Å². The van der Waals surface area contributed by atoms with Crippen LogP contribution in [0.3, 0.4) is 0 Å². The van der Waals surface area contributed by atoms with E-state index in [2.05, 4.69) is 20.9 Å². The van der Waals surface area contributed by atoms with Gasteiger partial charge in [0, 0.05) is 5.56 Å². The van der Waals surface area contributed by atoms with E-state index in [-0.39, 0.29) is 4.88 Å². The number of carboxylic acid groups (broad SMARTS) is 1. The number of aromatic nitrogens is 1. The zero-order chi connectivity index (χ0) is 13.4. The van der Waals surface area contributed by atoms with Crippen molar-refractivity contribution in [2.75, 3.05) is 13.2 Å². The number of halogens is 1. The first-order valence-electron chi connectivity index (χ1n) is 5.44. The number of benzene rings is 1. The van der Waals surface area contributed by atoms with Crippen molar-refractivity contribution in [1.29, 1.82) is 0 Å². The Labute approximate surface area is 120 Å². The molecule has 2 aromatic rings. The van der Waals surface area contributed by atoms with Crippen LogP contribution in [0.1, 0.15) is 9.67 Å². The summed E-state index contributed by atoms with van der Waals surface area (Å²) in [6.07, 6.45) is 1.35. The fourth-order valence-corrected chi connectivity index (χ4v) is 3.04. The van der Waals surface area contributed by atoms with Crippen molar-refractivity contribution < 1.29 is 19.4 Å². The van der Waals surface area contributed by atoms with Crippen molar-refractivity contribution in [2.45, 2.75) is 0 Å². The van der Waals surface area contributed by atoms with Gasteiger partial charge in [0.05, 0.1) is 10.7 Å². The number of nitrogens with zero attached hydrogens (tertiary/aromatic N) is 1. The maximum Gasteiger partial charge on any atom is 0.347 e. The standard InChI is InChI=1S/C12H8BrNO4S/c13-7-3-6(4-8-10(7)18-2-1-17-8)11-14-5-9(19-11)12(15)16/h3-5H,1-2H2,(H,15,16). The van der Waals surface area contributed by atoms with Gasteiger partial charge < -0.3 is 14.6 Å². The van der Waals surface area contributed by atoms with Crippen LogP contribution in [0, 0.1) is 0 Å². The van der Waals surface area contributed by atoms with Crippen LogP contribution < -0.4 is 9.47 Å². The summed E-state index contributed by atoms with van der Waals surface area (Å²) in [6.45, 7) is 1.02. The number of thiazole rings is 1. The van der Waals surface area contributed by atoms with Crippen LogP contribution in [0.4, 0.5) is 0 Å². The lowest BCUT2D eigenvalue weighted by molar-refractivity contribution is 0.0702. The SMILES string of the molecule is O=C(O)c1cnc(-c2cc(Br)c3c(c2)OCCO3)s1. The molecule has 1 N–H and O–H groups in total. The van der Waals surface area contributed by atoms with E-state index in [4.69, 9.17) is 14.6 Å². The molecule has 0 unspecified atom stereocenters. The van der Waals surface area contributed by atoms with Gasteiger partial charge in [-0.25, -0.2) is 9.78 Å². The highest BCUT2D eigenvalue weighted by atomic mass is 79.9. The van der Waals surface area contributed by atoms with Crippen molar-refractivity contribution >= 4 is 33.2 Å². The second-order valence-electron chi connectivity index (χ2n) is 3.82. The van der Waals surface area contributed by atoms with E-state index < -0.39 is 5.97 Å². The number of hydrogen-bond donors (Lipinski definition) is 1. The molecule has 19 heavy (non-hydrogen) atoms. The first kappa shape index (κ1) is 12.4. The van der Waals surface area contributed by atoms with Gasteiger partial charge in [0.2, 0.25) is 0 Å². The minimum atomic E-state index is -0.972. The summed E-state index contributed by atoms with van der Waals surface area (Å²) < 4.78 is 11.8. The van der Waals surface area contributed by atoms with E-state index in [9.17, 15) is 4.79 Å². The fraction of sp³-hybridized carbons (Fsp3) is 0.167. The summed E-state index contributed by atoms with van der Waals surface area (Å²) in [4.78, 5) is 15.2. The molecule has 2 heterocycles. The molecule has 0 saturated carbocycles. The lowest BCUT2D eigenvalue weighted by Crippen LogP contribution is -2.15. The normalized spacial score (nSPS) is 13.3. The van der Waals surface area contributed by atoms with Crippen molar-refractivity contribution in [3.05, 3.63) is 27.7 Å². The highest BCUT2D eigenvalue weighted by Crippen LogP contribution is 2.41. The molecule has 3 rings (SSSR count). The number of carbonyl (C=O) groups is 1. The quantitative estimate of drug-likeness (QED) is 0.909. The molecular formula is C12H8BrNO4S. The Kier molecular flexibility index (Phi) is 3.16. The van der Waals surface area contributed by atoms with Crippen LogP contribution in [-0.2, 0) is 0 Å². The average Bonchev–Trinajstić information content (AvgIpc) is 2.88. The van der Waals surface area contributed by atoms with Gasteiger partial charge >= 0.3 is 5.97 Å². The van der Waals surface area contributed by atoms with Crippen molar-refractivity contribution in [3.8, 4) is 22.1 Å². The van der Waals surface area contributed by atoms with E-state index in [1.165, 1.54) is 6.20 Å². The van der Waals surface area contributed by atoms with Gasteiger partial charge in [0.1, 0.15) is 23.1 Å². The van der Waals surface area contributed by atoms with E-state index in [1.54, 1.807) is 0 Å². The molecule has 0 spiro atoms. The van der Waals surface area contributed by atoms with Crippen molar-refractivity contribution in [2.24, 2.45) is 0 Å². The highest BCUT2D eigenvalue weighted by molar-refractivity contribution is 9.10. The molecular weight excluding hydrogens is 334 g/mol. The van der Waals surface area contributed by atoms with Gasteiger partial charge in [-0.1, -0.05) is 0 Å². The molecule has 0 saturated heterocycles. The Morgan fingerprint density at radius 2 is 2.16 bits per heavy atom. The summed E-state index contributed by atoms with van der Waals surface area (Å²) in [5, 5.41) is 9.54. The lowest BCUT2D eigenvalue weighted by Gasteiger charge is -2.20. The average molecular weight is 342 g/mol. The summed E-state index contributed by atoms with van der Waals surface area (Å²) in [5.74, 6) is 0.341. The van der Waals surface area contributed by atoms with Gasteiger partial charge in [0.15, 0.2) is 11.5 Å². The summed E-state index contributed by atoms with van der Waals surface area (Å²) in [5.41, 5.74) is 0.800. The van der Waals surface area contributed by atoms with Gasteiger partial charge in [0.25, 0.3) is 0 Å². The zero-order valence-electron chi connectivity index (χ0n) is 9.55. The van der Waals surface area contributed by atoms with Crippen LogP contribution in [0.2, 0.25) is 0 Å². The molecule has 98 valence electrons. The van der Waals surface area contributed by atoms with Gasteiger partial charge in [-0.2, -0.15) is 0 Å². The van der Waals surface area contributed by atoms with E-state index >= 15 is 0 Å². The first-order chi connectivity index (χ1) is 9.15. The molecule has 0 amide bonds. The molecule has 0 bridgehead atoms. The number of rotatable bonds is 2. The molecule has 0 fully saturated rings. The van der Waals surface area contributed by atoms with Crippen LogP contribution in [0.15, 0.2) is 22.8 Å². The molecule has 0 radical (unpaired) electrons. The zero-order valence-corrected chi connectivity index (χ0v) is 12.0. The number of hydrogen-bond acceptors (Lipinski definition) is 5. The van der Waals surface area contributed by atoms with E-state index in [0.717, 1.165) is 21.4 Å². The van der Waals surface area contributed by atoms with Crippen LogP contribution >= 0.6 is 27.3 Å². The Morgan fingerprint density at radius 1 is 1.37 bits per heavy atom. The Balaban J connectivity index is 2.05. The Morgan fingerprint density at radius 3 is 2.89 bits per heavy atom. The fourth-order valence-electron chi connectivity index (χ4n) is 1.74. The van der Waals surface area contributed by atoms with Gasteiger partial charge in [-0.15, -0.1) is 11.3 Å². The van der Waals surface area contributed by atoms with E-state index in [0.29, 0.717) is 29.7 Å². The molecule has 1 aromatic heterocycles. The predicted octanol–water partition coefficient (Wildman–Crippen LogP) is 3.04. The Hall–Kier alpha value is -1.60. The third kappa shape index (κ3) is 2.31. The minimum Gasteiger partial charge on any atom is -0.486 e. The van der Waals surface area contributed by atoms with Crippen molar-refractivity contribution in [3.63, 3.8) is 0 Å². The maximum absolute atomic E-state index is 10.9. The topological polar surface area (TPSA) is 68.7 Å². The molecule has 1 aliphatic rings. The highest BCUT2D eigenvalue weighted by Gasteiger charge is 2.18. The molecule has 7 heteroatoms. The monoisotopic (exact) mass is 341 g/mol. The van der Waals surface area contributed by atoms with Crippen LogP contribution in [0.5, 0.6) is 11.5 Å². The number of ether oxygens (including phenoxy) is 2. The van der Waals surface area contributed by atoms with Crippen LogP contribution in [0.25, 0.3) is 10.6 Å². The summed E-state index contributed by atoms with van der Waals surface area (Å²) in [6, 6.07) is 3.65. The lowest BCUT2D eigenvalue weighted by atomic mass is 10.2. The third-order valence-corrected chi connectivity index (χ3v) is 4.18.